The van der Waals surface area contributed by atoms with Crippen molar-refractivity contribution in [2.45, 2.75) is 19.8 Å². The van der Waals surface area contributed by atoms with Crippen molar-refractivity contribution in [3.63, 3.8) is 0 Å². The van der Waals surface area contributed by atoms with Crippen LogP contribution >= 0.6 is 0 Å². The highest BCUT2D eigenvalue weighted by molar-refractivity contribution is 5.81. The van der Waals surface area contributed by atoms with Gasteiger partial charge in [-0.1, -0.05) is 18.2 Å². The summed E-state index contributed by atoms with van der Waals surface area (Å²) in [6, 6.07) is 0. The van der Waals surface area contributed by atoms with Crippen molar-refractivity contribution >= 4 is 12.1 Å². The van der Waals surface area contributed by atoms with E-state index in [1.54, 1.807) is 18.4 Å². The van der Waals surface area contributed by atoms with Crippen molar-refractivity contribution in [1.29, 1.82) is 0 Å². The van der Waals surface area contributed by atoms with Gasteiger partial charge in [0.2, 0.25) is 0 Å². The third kappa shape index (κ3) is 8.65. The normalized spacial score (nSPS) is 11.3. The third-order valence-corrected chi connectivity index (χ3v) is 2.20. The molecular formula is C14H21NO4. The maximum atomic E-state index is 11.5. The largest absolute Gasteiger partial charge is 0.466 e. The number of allylic oxidation sites excluding steroid dienone is 4. The van der Waals surface area contributed by atoms with E-state index in [9.17, 15) is 9.59 Å². The van der Waals surface area contributed by atoms with Crippen LogP contribution in [-0.4, -0.2) is 37.7 Å². The molecule has 0 heterocycles. The van der Waals surface area contributed by atoms with E-state index in [4.69, 9.17) is 0 Å². The molecule has 0 aliphatic carbocycles. The van der Waals surface area contributed by atoms with Gasteiger partial charge in [0.05, 0.1) is 14.2 Å². The van der Waals surface area contributed by atoms with Gasteiger partial charge in [-0.15, -0.1) is 0 Å². The van der Waals surface area contributed by atoms with Crippen molar-refractivity contribution < 1.29 is 19.1 Å². The molecule has 0 radical (unpaired) electrons. The molecule has 0 unspecified atom stereocenters. The molecular weight excluding hydrogens is 246 g/mol. The maximum absolute atomic E-state index is 11.5. The van der Waals surface area contributed by atoms with E-state index in [1.807, 2.05) is 19.1 Å². The molecule has 5 heteroatoms. The van der Waals surface area contributed by atoms with E-state index in [-0.39, 0.29) is 5.97 Å². The number of rotatable bonds is 7. The van der Waals surface area contributed by atoms with Crippen molar-refractivity contribution in [1.82, 2.24) is 4.90 Å². The summed E-state index contributed by atoms with van der Waals surface area (Å²) in [6.45, 7) is 2.41. The van der Waals surface area contributed by atoms with Crippen LogP contribution in [-0.2, 0) is 14.3 Å². The zero-order chi connectivity index (χ0) is 14.5. The minimum atomic E-state index is -0.405. The Balaban J connectivity index is 4.16. The Morgan fingerprint density at radius 2 is 1.89 bits per heavy atom. The van der Waals surface area contributed by atoms with Crippen LogP contribution in [0.1, 0.15) is 19.8 Å². The van der Waals surface area contributed by atoms with Gasteiger partial charge in [0.25, 0.3) is 0 Å². The molecule has 5 nitrogen and oxygen atoms in total. The Kier molecular flexibility index (Phi) is 9.88. The molecule has 19 heavy (non-hydrogen) atoms. The number of methoxy groups -OCH3 is 2. The smallest absolute Gasteiger partial charge is 0.413 e. The number of hydrogen-bond acceptors (Lipinski definition) is 4. The maximum Gasteiger partial charge on any atom is 0.413 e. The highest BCUT2D eigenvalue weighted by Crippen LogP contribution is 2.01. The summed E-state index contributed by atoms with van der Waals surface area (Å²) in [6.07, 6.45) is 11.2. The van der Waals surface area contributed by atoms with E-state index in [0.29, 0.717) is 13.0 Å². The van der Waals surface area contributed by atoms with Crippen LogP contribution in [0, 0.1) is 0 Å². The average molecular weight is 267 g/mol. The monoisotopic (exact) mass is 267 g/mol. The van der Waals surface area contributed by atoms with Crippen LogP contribution < -0.4 is 0 Å². The van der Waals surface area contributed by atoms with Crippen LogP contribution in [0.5, 0.6) is 0 Å². The number of amides is 1. The zero-order valence-electron chi connectivity index (χ0n) is 11.7. The van der Waals surface area contributed by atoms with Gasteiger partial charge >= 0.3 is 12.1 Å². The summed E-state index contributed by atoms with van der Waals surface area (Å²) < 4.78 is 9.15. The second-order valence-corrected chi connectivity index (χ2v) is 3.60. The molecule has 0 rings (SSSR count). The molecule has 0 N–H and O–H groups in total. The predicted octanol–water partition coefficient (Wildman–Crippen LogP) is 2.65. The van der Waals surface area contributed by atoms with Gasteiger partial charge in [-0.05, 0) is 25.8 Å². The fourth-order valence-corrected chi connectivity index (χ4v) is 1.24. The fraction of sp³-hybridized carbons (Fsp3) is 0.429. The average Bonchev–Trinajstić information content (AvgIpc) is 2.43. The molecule has 0 aliphatic heterocycles. The molecule has 0 saturated carbocycles. The van der Waals surface area contributed by atoms with Crippen LogP contribution in [0.2, 0.25) is 0 Å². The first-order chi connectivity index (χ1) is 9.15. The summed E-state index contributed by atoms with van der Waals surface area (Å²) in [5.74, 6) is -0.377. The molecule has 0 aromatic carbocycles. The van der Waals surface area contributed by atoms with E-state index in [0.717, 1.165) is 6.42 Å². The van der Waals surface area contributed by atoms with Crippen molar-refractivity contribution in [3.05, 3.63) is 36.6 Å². The van der Waals surface area contributed by atoms with Gasteiger partial charge in [-0.2, -0.15) is 0 Å². The van der Waals surface area contributed by atoms with Crippen LogP contribution in [0.25, 0.3) is 0 Å². The Morgan fingerprint density at radius 3 is 2.47 bits per heavy atom. The number of carbonyl (C=O) groups is 2. The summed E-state index contributed by atoms with van der Waals surface area (Å²) in [5, 5.41) is 0. The van der Waals surface area contributed by atoms with Crippen molar-refractivity contribution in [2.24, 2.45) is 0 Å². The van der Waals surface area contributed by atoms with Gasteiger partial charge in [0, 0.05) is 18.8 Å². The lowest BCUT2D eigenvalue weighted by molar-refractivity contribution is -0.134. The lowest BCUT2D eigenvalue weighted by Gasteiger charge is -2.15. The topological polar surface area (TPSA) is 55.8 Å². The lowest BCUT2D eigenvalue weighted by Crippen LogP contribution is -2.26. The summed E-state index contributed by atoms with van der Waals surface area (Å²) in [4.78, 5) is 23.8. The van der Waals surface area contributed by atoms with Crippen LogP contribution in [0.3, 0.4) is 0 Å². The summed E-state index contributed by atoms with van der Waals surface area (Å²) in [5.41, 5.74) is 0. The molecule has 0 aromatic heterocycles. The molecule has 0 fully saturated rings. The molecule has 0 atom stereocenters. The molecule has 0 saturated heterocycles. The Labute approximate surface area is 114 Å². The van der Waals surface area contributed by atoms with E-state index >= 15 is 0 Å². The molecule has 0 aliphatic rings. The Bertz CT molecular complexity index is 358. The second kappa shape index (κ2) is 11.1. The first-order valence-corrected chi connectivity index (χ1v) is 6.04. The quantitative estimate of drug-likeness (QED) is 0.308. The van der Waals surface area contributed by atoms with Gasteiger partial charge in [-0.3, -0.25) is 4.90 Å². The van der Waals surface area contributed by atoms with Crippen molar-refractivity contribution in [3.8, 4) is 0 Å². The Hall–Kier alpha value is -2.04. The Morgan fingerprint density at radius 1 is 1.16 bits per heavy atom. The highest BCUT2D eigenvalue weighted by atomic mass is 16.5. The summed E-state index contributed by atoms with van der Waals surface area (Å²) in [7, 11) is 2.67. The van der Waals surface area contributed by atoms with E-state index in [1.165, 1.54) is 25.2 Å². The third-order valence-electron chi connectivity index (χ3n) is 2.20. The predicted molar refractivity (Wildman–Crippen MR) is 73.5 cm³/mol. The molecule has 106 valence electrons. The first kappa shape index (κ1) is 17.0. The molecule has 0 bridgehead atoms. The van der Waals surface area contributed by atoms with Crippen molar-refractivity contribution in [2.75, 3.05) is 20.8 Å². The van der Waals surface area contributed by atoms with Gasteiger partial charge in [0.15, 0.2) is 0 Å². The lowest BCUT2D eigenvalue weighted by atomic mass is 10.3. The summed E-state index contributed by atoms with van der Waals surface area (Å²) >= 11 is 0. The standard InChI is InChI=1S/C14H21NO4/c1-4-5-8-11-15(14(17)19-3)12-9-6-7-10-13(16)18-2/h4-5,7-8,10-11H,6,9,12H2,1-3H3/b5-4+,10-7+,11-8+. The molecule has 0 spiro atoms. The number of nitrogens with zero attached hydrogens (tertiary/aromatic N) is 1. The fourth-order valence-electron chi connectivity index (χ4n) is 1.24. The molecule has 1 amide bonds. The van der Waals surface area contributed by atoms with Gasteiger partial charge in [0.1, 0.15) is 0 Å². The van der Waals surface area contributed by atoms with Gasteiger partial charge < -0.3 is 9.47 Å². The minimum absolute atomic E-state index is 0.377. The SMILES string of the molecule is C/C=C/C=C/N(CCC/C=C/C(=O)OC)C(=O)OC. The van der Waals surface area contributed by atoms with Crippen LogP contribution in [0.15, 0.2) is 36.6 Å². The number of ether oxygens (including phenoxy) is 2. The number of carbonyl (C=O) groups excluding carboxylic acids is 2. The molecule has 0 aromatic rings. The highest BCUT2D eigenvalue weighted by Gasteiger charge is 2.08. The van der Waals surface area contributed by atoms with Crippen LogP contribution in [0.4, 0.5) is 4.79 Å². The first-order valence-electron chi connectivity index (χ1n) is 6.04. The second-order valence-electron chi connectivity index (χ2n) is 3.60. The van der Waals surface area contributed by atoms with E-state index in [2.05, 4.69) is 9.47 Å². The van der Waals surface area contributed by atoms with Gasteiger partial charge in [-0.25, -0.2) is 9.59 Å². The number of hydrogen-bond donors (Lipinski definition) is 0. The minimum Gasteiger partial charge on any atom is -0.466 e. The number of unbranched alkanes of at least 4 members (excludes halogenated alkanes) is 1. The number of esters is 1. The van der Waals surface area contributed by atoms with E-state index < -0.39 is 6.09 Å². The zero-order valence-corrected chi connectivity index (χ0v) is 11.7.